The molecule has 2 amide bonds. The third-order valence-corrected chi connectivity index (χ3v) is 9.74. The quantitative estimate of drug-likeness (QED) is 0.121. The Morgan fingerprint density at radius 1 is 0.604 bits per heavy atom. The average Bonchev–Trinajstić information content (AvgIpc) is 3.10. The number of nitrogens with zero attached hydrogens (tertiary/aromatic N) is 4. The number of carbonyl (C=O) groups excluding carboxylic acids is 2. The Morgan fingerprint density at radius 2 is 1.06 bits per heavy atom. The zero-order chi connectivity index (χ0) is 38.7. The third-order valence-electron chi connectivity index (χ3n) is 8.86. The normalized spacial score (nSPS) is 12.8. The fourth-order valence-electron chi connectivity index (χ4n) is 5.02. The van der Waals surface area contributed by atoms with Gasteiger partial charge in [0, 0.05) is 67.9 Å². The van der Waals surface area contributed by atoms with Crippen LogP contribution in [0.25, 0.3) is 44.1 Å². The molecule has 10 nitrogen and oxygen atoms in total. The van der Waals surface area contributed by atoms with Crippen LogP contribution in [0.2, 0.25) is 15.1 Å². The molecule has 0 aliphatic heterocycles. The monoisotopic (exact) mass is 772 g/mol. The van der Waals surface area contributed by atoms with Crippen LogP contribution in [0.4, 0.5) is 0 Å². The predicted molar refractivity (Wildman–Crippen MR) is 211 cm³/mol. The Labute approximate surface area is 322 Å². The summed E-state index contributed by atoms with van der Waals surface area (Å²) in [6, 6.07) is 18.6. The molecule has 0 bridgehead atoms. The number of pyridine rings is 4. The number of aliphatic hydroxyl groups is 2. The number of fused-ring (bicyclic) bond motifs is 2. The van der Waals surface area contributed by atoms with Gasteiger partial charge in [-0.3, -0.25) is 19.6 Å². The first-order valence-corrected chi connectivity index (χ1v) is 17.8. The number of rotatable bonds is 8. The Bertz CT molecular complexity index is 2310. The van der Waals surface area contributed by atoms with Gasteiger partial charge in [-0.1, -0.05) is 59.1 Å². The molecule has 2 atom stereocenters. The fraction of sp³-hybridized carbons (Fsp3) is 0.250. The lowest BCUT2D eigenvalue weighted by Gasteiger charge is -2.26. The molecule has 2 aromatic carbocycles. The summed E-state index contributed by atoms with van der Waals surface area (Å²) < 4.78 is 0. The molecule has 0 aliphatic rings. The lowest BCUT2D eigenvalue weighted by atomic mass is 10.0. The molecule has 0 radical (unpaired) electrons. The molecule has 2 unspecified atom stereocenters. The van der Waals surface area contributed by atoms with Crippen molar-refractivity contribution in [1.82, 2.24) is 30.6 Å². The lowest BCUT2D eigenvalue weighted by molar-refractivity contribution is 0.0407. The van der Waals surface area contributed by atoms with E-state index in [1.807, 2.05) is 18.2 Å². The zero-order valence-corrected chi connectivity index (χ0v) is 32.2. The number of nitrogens with one attached hydrogen (secondary N) is 2. The summed E-state index contributed by atoms with van der Waals surface area (Å²) in [5.74, 6) is -0.708. The van der Waals surface area contributed by atoms with Gasteiger partial charge < -0.3 is 20.8 Å². The first-order chi connectivity index (χ1) is 24.9. The molecular weight excluding hydrogens is 735 g/mol. The molecule has 0 aliphatic carbocycles. The van der Waals surface area contributed by atoms with Gasteiger partial charge in [0.2, 0.25) is 0 Å². The van der Waals surface area contributed by atoms with E-state index < -0.39 is 23.3 Å². The van der Waals surface area contributed by atoms with Crippen molar-refractivity contribution in [3.63, 3.8) is 0 Å². The maximum absolute atomic E-state index is 12.6. The molecule has 0 fully saturated rings. The lowest BCUT2D eigenvalue weighted by Crippen LogP contribution is -2.47. The van der Waals surface area contributed by atoms with Crippen molar-refractivity contribution in [2.45, 2.75) is 64.8 Å². The summed E-state index contributed by atoms with van der Waals surface area (Å²) in [5.41, 5.74) is 2.71. The Hall–Kier alpha value is -4.71. The Morgan fingerprint density at radius 3 is 1.49 bits per heavy atom. The third kappa shape index (κ3) is 9.45. The number of aromatic nitrogens is 4. The van der Waals surface area contributed by atoms with Crippen LogP contribution < -0.4 is 10.6 Å². The molecule has 0 saturated carbocycles. The van der Waals surface area contributed by atoms with E-state index in [1.54, 1.807) is 115 Å². The van der Waals surface area contributed by atoms with Crippen molar-refractivity contribution in [3.8, 4) is 22.3 Å². The molecule has 0 spiro atoms. The molecule has 4 aromatic heterocycles. The van der Waals surface area contributed by atoms with Crippen LogP contribution in [-0.2, 0) is 0 Å². The van der Waals surface area contributed by atoms with Crippen molar-refractivity contribution < 1.29 is 19.8 Å². The van der Waals surface area contributed by atoms with Crippen LogP contribution in [0.3, 0.4) is 0 Å². The second kappa shape index (κ2) is 16.1. The topological polar surface area (TPSA) is 150 Å². The predicted octanol–water partition coefficient (Wildman–Crippen LogP) is 8.33. The van der Waals surface area contributed by atoms with Gasteiger partial charge in [0.25, 0.3) is 11.8 Å². The van der Waals surface area contributed by atoms with Crippen molar-refractivity contribution in [2.24, 2.45) is 0 Å². The van der Waals surface area contributed by atoms with Crippen LogP contribution in [0, 0.1) is 0 Å². The van der Waals surface area contributed by atoms with Gasteiger partial charge in [-0.2, -0.15) is 0 Å². The minimum atomic E-state index is -1.04. The molecule has 6 rings (SSSR count). The van der Waals surface area contributed by atoms with Crippen LogP contribution >= 0.6 is 34.8 Å². The molecule has 4 heterocycles. The van der Waals surface area contributed by atoms with Crippen molar-refractivity contribution in [3.05, 3.63) is 118 Å². The van der Waals surface area contributed by atoms with Crippen molar-refractivity contribution in [2.75, 3.05) is 0 Å². The van der Waals surface area contributed by atoms with Crippen LogP contribution in [0.5, 0.6) is 0 Å². The largest absolute Gasteiger partial charge is 0.388 e. The highest BCUT2D eigenvalue weighted by Gasteiger charge is 2.26. The maximum Gasteiger partial charge on any atom is 0.270 e. The summed E-state index contributed by atoms with van der Waals surface area (Å²) in [6.07, 6.45) is 6.73. The second-order valence-corrected chi connectivity index (χ2v) is 15.0. The molecule has 13 heteroatoms. The van der Waals surface area contributed by atoms with Crippen molar-refractivity contribution in [1.29, 1.82) is 0 Å². The van der Waals surface area contributed by atoms with E-state index in [1.165, 1.54) is 0 Å². The van der Waals surface area contributed by atoms with Gasteiger partial charge in [0.1, 0.15) is 11.4 Å². The Kier molecular flexibility index (Phi) is 12.0. The molecule has 4 N–H and O–H groups in total. The van der Waals surface area contributed by atoms with Crippen LogP contribution in [0.1, 0.15) is 62.5 Å². The number of halogens is 3. The van der Waals surface area contributed by atoms with Gasteiger partial charge in [-0.25, -0.2) is 9.97 Å². The standard InChI is InChI=1S/C20H19Cl2N3O2.C20H20ClN3O2/c1-11(20(2,3)27)24-19(26)17-7-4-12-9-23-10-15(18(12)25-17)14-6-5-13(21)8-16(14)22;1-12(20(2,3)26)23-19(25)17-9-8-13-10-22-11-15(18(13)24-17)14-6-4-5-7-16(14)21/h4-11,27H,1-3H3,(H,24,26);4-12,26H,1-3H3,(H,23,25). The second-order valence-electron chi connectivity index (χ2n) is 13.7. The highest BCUT2D eigenvalue weighted by molar-refractivity contribution is 6.36. The minimum absolute atomic E-state index is 0.246. The number of benzene rings is 2. The van der Waals surface area contributed by atoms with Gasteiger partial charge in [-0.05, 0) is 84.0 Å². The number of hydrogen-bond acceptors (Lipinski definition) is 8. The Balaban J connectivity index is 0.000000204. The first-order valence-electron chi connectivity index (χ1n) is 16.7. The summed E-state index contributed by atoms with van der Waals surface area (Å²) in [6.45, 7) is 10.1. The number of amides is 2. The van der Waals surface area contributed by atoms with Crippen LogP contribution in [-0.4, -0.2) is 65.2 Å². The van der Waals surface area contributed by atoms with E-state index in [9.17, 15) is 19.8 Å². The highest BCUT2D eigenvalue weighted by Crippen LogP contribution is 2.34. The SMILES string of the molecule is CC(NC(=O)c1ccc2cncc(-c3ccc(Cl)cc3Cl)c2n1)C(C)(C)O.CC(NC(=O)c1ccc2cncc(-c3ccccc3Cl)c2n1)C(C)(C)O. The van der Waals surface area contributed by atoms with E-state index >= 15 is 0 Å². The van der Waals surface area contributed by atoms with E-state index in [4.69, 9.17) is 34.8 Å². The molecular formula is C40H39Cl3N6O4. The van der Waals surface area contributed by atoms with E-state index in [2.05, 4.69) is 30.6 Å². The van der Waals surface area contributed by atoms with Gasteiger partial charge in [0.05, 0.1) is 39.3 Å². The summed E-state index contributed by atoms with van der Waals surface area (Å²) in [4.78, 5) is 42.7. The van der Waals surface area contributed by atoms with Gasteiger partial charge >= 0.3 is 0 Å². The fourth-order valence-corrected chi connectivity index (χ4v) is 5.76. The minimum Gasteiger partial charge on any atom is -0.388 e. The van der Waals surface area contributed by atoms with E-state index in [0.29, 0.717) is 31.7 Å². The van der Waals surface area contributed by atoms with Gasteiger partial charge in [0.15, 0.2) is 0 Å². The van der Waals surface area contributed by atoms with E-state index in [0.717, 1.165) is 27.5 Å². The smallest absolute Gasteiger partial charge is 0.270 e. The average molecular weight is 774 g/mol. The number of hydrogen-bond donors (Lipinski definition) is 4. The summed E-state index contributed by atoms with van der Waals surface area (Å²) in [5, 5.41) is 28.8. The molecule has 53 heavy (non-hydrogen) atoms. The molecule has 6 aromatic rings. The van der Waals surface area contributed by atoms with Crippen LogP contribution in [0.15, 0.2) is 91.5 Å². The van der Waals surface area contributed by atoms with Gasteiger partial charge in [-0.15, -0.1) is 0 Å². The van der Waals surface area contributed by atoms with E-state index in [-0.39, 0.29) is 23.2 Å². The number of carbonyl (C=O) groups is 2. The molecule has 274 valence electrons. The summed E-state index contributed by atoms with van der Waals surface area (Å²) >= 11 is 18.6. The van der Waals surface area contributed by atoms with Crippen molar-refractivity contribution >= 4 is 68.4 Å². The summed E-state index contributed by atoms with van der Waals surface area (Å²) in [7, 11) is 0. The molecule has 0 saturated heterocycles. The highest BCUT2D eigenvalue weighted by atomic mass is 35.5. The zero-order valence-electron chi connectivity index (χ0n) is 29.9. The first kappa shape index (κ1) is 39.5. The maximum atomic E-state index is 12.6.